The van der Waals surface area contributed by atoms with Gasteiger partial charge in [0.05, 0.1) is 30.9 Å². The van der Waals surface area contributed by atoms with Crippen molar-refractivity contribution in [1.29, 1.82) is 0 Å². The third kappa shape index (κ3) is 10.8. The highest BCUT2D eigenvalue weighted by molar-refractivity contribution is 7.90. The summed E-state index contributed by atoms with van der Waals surface area (Å²) in [6.07, 6.45) is 9.93. The number of nitrogens with one attached hydrogen (secondary N) is 1. The second kappa shape index (κ2) is 18.2. The van der Waals surface area contributed by atoms with Crippen molar-refractivity contribution < 1.29 is 23.6 Å². The molecule has 1 amide bonds. The molecule has 4 aromatic rings. The zero-order valence-corrected chi connectivity index (χ0v) is 28.1. The van der Waals surface area contributed by atoms with Gasteiger partial charge in [-0.05, 0) is 104 Å². The maximum absolute atomic E-state index is 12.9. The Morgan fingerprint density at radius 3 is 2.46 bits per heavy atom. The first-order chi connectivity index (χ1) is 22.4. The summed E-state index contributed by atoms with van der Waals surface area (Å²) >= 11 is -1.22. The molecule has 46 heavy (non-hydrogen) atoms. The molecule has 244 valence electrons. The summed E-state index contributed by atoms with van der Waals surface area (Å²) < 4.78 is 32.4. The van der Waals surface area contributed by atoms with Crippen molar-refractivity contribution in [2.45, 2.75) is 70.3 Å². The van der Waals surface area contributed by atoms with E-state index in [4.69, 9.17) is 14.2 Å². The summed E-state index contributed by atoms with van der Waals surface area (Å²) in [4.78, 5) is 17.8. The van der Waals surface area contributed by atoms with Gasteiger partial charge in [-0.15, -0.1) is 0 Å². The van der Waals surface area contributed by atoms with Gasteiger partial charge >= 0.3 is 0 Å². The van der Waals surface area contributed by atoms with Crippen LogP contribution in [-0.2, 0) is 33.0 Å². The van der Waals surface area contributed by atoms with Crippen LogP contribution in [0.4, 0.5) is 5.69 Å². The van der Waals surface area contributed by atoms with E-state index in [2.05, 4.69) is 24.1 Å². The highest BCUT2D eigenvalue weighted by atomic mass is 32.2. The summed E-state index contributed by atoms with van der Waals surface area (Å²) in [7, 11) is 0. The van der Waals surface area contributed by atoms with Gasteiger partial charge in [-0.1, -0.05) is 38.5 Å². The first kappa shape index (κ1) is 34.8. The van der Waals surface area contributed by atoms with Crippen LogP contribution in [0.15, 0.2) is 90.2 Å². The van der Waals surface area contributed by atoms with Gasteiger partial charge in [0.25, 0.3) is 0 Å². The van der Waals surface area contributed by atoms with Gasteiger partial charge in [-0.3, -0.25) is 4.79 Å². The average Bonchev–Trinajstić information content (AvgIpc) is 3.49. The van der Waals surface area contributed by atoms with Crippen LogP contribution < -0.4 is 14.8 Å². The van der Waals surface area contributed by atoms with Gasteiger partial charge in [-0.2, -0.15) is 0 Å². The van der Waals surface area contributed by atoms with Crippen molar-refractivity contribution in [1.82, 2.24) is 9.55 Å². The van der Waals surface area contributed by atoms with Gasteiger partial charge in [-0.25, -0.2) is 4.98 Å². The highest BCUT2D eigenvalue weighted by Gasteiger charge is 2.15. The van der Waals surface area contributed by atoms with E-state index in [0.29, 0.717) is 35.3 Å². The largest absolute Gasteiger partial charge is 0.611 e. The van der Waals surface area contributed by atoms with Crippen LogP contribution >= 0.6 is 0 Å². The van der Waals surface area contributed by atoms with Crippen LogP contribution in [0.5, 0.6) is 11.5 Å². The van der Waals surface area contributed by atoms with Crippen molar-refractivity contribution in [3.63, 3.8) is 0 Å². The summed E-state index contributed by atoms with van der Waals surface area (Å²) in [6.45, 7) is 10.9. The van der Waals surface area contributed by atoms with Crippen molar-refractivity contribution in [3.05, 3.63) is 96.6 Å². The predicted molar refractivity (Wildman–Crippen MR) is 186 cm³/mol. The molecule has 0 saturated carbocycles. The molecule has 3 aromatic carbocycles. The number of amides is 1. The minimum absolute atomic E-state index is 0.0227. The Kier molecular flexibility index (Phi) is 13.8. The van der Waals surface area contributed by atoms with E-state index >= 15 is 0 Å². The maximum Gasteiger partial charge on any atom is 0.248 e. The molecule has 1 heterocycles. The number of hydrogen-bond acceptors (Lipinski definition) is 6. The van der Waals surface area contributed by atoms with Gasteiger partial charge < -0.3 is 28.6 Å². The SMILES string of the molecule is CCCCOCCOc1ccc(-c2ccc(OC(C)C)c(/C=C/C(=O)Nc3ccc([S@@+]([O-])Cc4cncn4CCC)cc3)c2)cc1. The van der Waals surface area contributed by atoms with E-state index in [1.807, 2.05) is 60.9 Å². The number of carbonyl (C=O) groups is 1. The lowest BCUT2D eigenvalue weighted by atomic mass is 10.0. The zero-order valence-electron chi connectivity index (χ0n) is 27.2. The van der Waals surface area contributed by atoms with Gasteiger partial charge in [0.2, 0.25) is 5.91 Å². The number of imidazole rings is 1. The quantitative estimate of drug-likeness (QED) is 0.0673. The van der Waals surface area contributed by atoms with Crippen LogP contribution in [0.2, 0.25) is 0 Å². The molecule has 1 aromatic heterocycles. The molecule has 0 radical (unpaired) electrons. The zero-order chi connectivity index (χ0) is 32.7. The number of rotatable bonds is 18. The summed E-state index contributed by atoms with van der Waals surface area (Å²) in [5.41, 5.74) is 4.37. The van der Waals surface area contributed by atoms with Crippen LogP contribution in [0, 0.1) is 0 Å². The number of unbranched alkanes of at least 4 members (excludes halogenated alkanes) is 1. The lowest BCUT2D eigenvalue weighted by Gasteiger charge is -2.14. The Bertz CT molecular complexity index is 1530. The monoisotopic (exact) mass is 643 g/mol. The molecule has 0 aliphatic rings. The topological polar surface area (TPSA) is 97.7 Å². The number of hydrogen-bond donors (Lipinski definition) is 1. The lowest BCUT2D eigenvalue weighted by Crippen LogP contribution is -2.11. The fourth-order valence-corrected chi connectivity index (χ4v) is 5.81. The number of carbonyl (C=O) groups excluding carboxylic acids is 1. The van der Waals surface area contributed by atoms with E-state index < -0.39 is 11.2 Å². The first-order valence-electron chi connectivity index (χ1n) is 15.9. The Morgan fingerprint density at radius 2 is 1.74 bits per heavy atom. The lowest BCUT2D eigenvalue weighted by molar-refractivity contribution is -0.111. The van der Waals surface area contributed by atoms with Crippen molar-refractivity contribution in [2.75, 3.05) is 25.1 Å². The molecular formula is C37H45N3O5S. The fraction of sp³-hybridized carbons (Fsp3) is 0.351. The third-order valence-corrected chi connectivity index (χ3v) is 8.40. The molecular weight excluding hydrogens is 598 g/mol. The molecule has 9 heteroatoms. The predicted octanol–water partition coefficient (Wildman–Crippen LogP) is 7.90. The summed E-state index contributed by atoms with van der Waals surface area (Å²) in [5.74, 6) is 1.59. The normalized spacial score (nSPS) is 12.0. The molecule has 0 saturated heterocycles. The fourth-order valence-electron chi connectivity index (χ4n) is 4.70. The molecule has 8 nitrogen and oxygen atoms in total. The average molecular weight is 644 g/mol. The van der Waals surface area contributed by atoms with E-state index in [-0.39, 0.29) is 12.0 Å². The Balaban J connectivity index is 1.37. The van der Waals surface area contributed by atoms with Crippen LogP contribution in [0.25, 0.3) is 17.2 Å². The molecule has 0 aliphatic carbocycles. The molecule has 1 atom stereocenters. The third-order valence-electron chi connectivity index (χ3n) is 7.04. The van der Waals surface area contributed by atoms with E-state index in [0.717, 1.165) is 60.5 Å². The number of nitrogens with zero attached hydrogens (tertiary/aromatic N) is 2. The molecule has 0 bridgehead atoms. The van der Waals surface area contributed by atoms with Crippen molar-refractivity contribution >= 4 is 28.8 Å². The van der Waals surface area contributed by atoms with Gasteiger partial charge in [0, 0.05) is 30.5 Å². The smallest absolute Gasteiger partial charge is 0.248 e. The minimum Gasteiger partial charge on any atom is -0.611 e. The van der Waals surface area contributed by atoms with E-state index in [1.54, 1.807) is 42.9 Å². The van der Waals surface area contributed by atoms with Crippen molar-refractivity contribution in [2.24, 2.45) is 0 Å². The van der Waals surface area contributed by atoms with Crippen LogP contribution in [0.3, 0.4) is 0 Å². The number of anilines is 1. The number of benzene rings is 3. The van der Waals surface area contributed by atoms with Crippen LogP contribution in [0.1, 0.15) is 58.2 Å². The molecule has 0 aliphatic heterocycles. The summed E-state index contributed by atoms with van der Waals surface area (Å²) in [5, 5.41) is 2.89. The van der Waals surface area contributed by atoms with Gasteiger partial charge in [0.1, 0.15) is 18.1 Å². The Hall–Kier alpha value is -4.05. The molecule has 0 unspecified atom stereocenters. The standard InChI is InChI=1S/C37H45N3O5S/c1-5-7-21-43-22-23-44-34-14-8-29(9-15-34)30-10-18-36(45-28(3)4)31(24-30)11-19-37(41)39-32-12-16-35(17-13-32)46(42)26-33-25-38-27-40(33)20-6-2/h8-19,24-25,27-28H,5-7,20-23,26H2,1-4H3,(H,39,41)/b19-11+/t46-/m0/s1. The molecule has 4 rings (SSSR count). The molecule has 1 N–H and O–H groups in total. The minimum atomic E-state index is -1.22. The number of ether oxygens (including phenoxy) is 3. The van der Waals surface area contributed by atoms with Gasteiger partial charge in [0.15, 0.2) is 10.6 Å². The maximum atomic E-state index is 12.9. The number of aryl methyl sites for hydroxylation is 1. The van der Waals surface area contributed by atoms with E-state index in [1.165, 1.54) is 6.08 Å². The highest BCUT2D eigenvalue weighted by Crippen LogP contribution is 2.30. The molecule has 0 spiro atoms. The Morgan fingerprint density at radius 1 is 0.978 bits per heavy atom. The first-order valence-corrected chi connectivity index (χ1v) is 17.3. The molecule has 0 fully saturated rings. The van der Waals surface area contributed by atoms with Crippen LogP contribution in [-0.4, -0.2) is 45.9 Å². The Labute approximate surface area is 276 Å². The van der Waals surface area contributed by atoms with Crippen molar-refractivity contribution in [3.8, 4) is 22.6 Å². The van der Waals surface area contributed by atoms with E-state index in [9.17, 15) is 9.35 Å². The summed E-state index contributed by atoms with van der Waals surface area (Å²) in [6, 6.07) is 21.0. The second-order valence-electron chi connectivity index (χ2n) is 11.2. The number of aromatic nitrogens is 2. The second-order valence-corrected chi connectivity index (χ2v) is 12.6.